The summed E-state index contributed by atoms with van der Waals surface area (Å²) in [4.78, 5) is 21.3. The van der Waals surface area contributed by atoms with Crippen LogP contribution in [-0.4, -0.2) is 18.4 Å². The number of carbonyl (C=O) groups excluding carboxylic acids is 2. The van der Waals surface area contributed by atoms with Crippen LogP contribution in [0.3, 0.4) is 0 Å². The molecule has 1 aromatic rings. The van der Waals surface area contributed by atoms with Crippen LogP contribution < -0.4 is 10.6 Å². The van der Waals surface area contributed by atoms with E-state index in [1.54, 1.807) is 6.92 Å². The molecule has 2 amide bonds. The van der Waals surface area contributed by atoms with E-state index in [1.165, 1.54) is 57.8 Å². The molecule has 2 aliphatic rings. The number of nitrogens with one attached hydrogen (secondary N) is 2. The van der Waals surface area contributed by atoms with E-state index in [0.717, 1.165) is 17.0 Å². The summed E-state index contributed by atoms with van der Waals surface area (Å²) in [6, 6.07) is 8.38. The molecule has 2 fully saturated rings. The van der Waals surface area contributed by atoms with Gasteiger partial charge in [-0.15, -0.1) is 0 Å². The lowest BCUT2D eigenvalue weighted by atomic mass is 9.92. The Morgan fingerprint density at radius 3 is 2.35 bits per heavy atom. The molecule has 2 saturated carbocycles. The lowest BCUT2D eigenvalue weighted by molar-refractivity contribution is -0.119. The molecule has 0 heterocycles. The van der Waals surface area contributed by atoms with E-state index in [4.69, 9.17) is 11.6 Å². The summed E-state index contributed by atoms with van der Waals surface area (Å²) in [6.45, 7) is 1.59. The molecule has 1 unspecified atom stereocenters. The SMILES string of the molecule is CC(=O)NC1CCCCC1.O=CNC(c1cccc(Cl)c1)C1CCCC1. The fraction of sp³-hybridized carbons (Fsp3) is 0.619. The van der Waals surface area contributed by atoms with Gasteiger partial charge in [0.2, 0.25) is 12.3 Å². The molecular weight excluding hydrogens is 348 g/mol. The molecule has 5 heteroatoms. The molecule has 3 rings (SSSR count). The zero-order valence-electron chi connectivity index (χ0n) is 15.7. The van der Waals surface area contributed by atoms with Gasteiger partial charge in [0.1, 0.15) is 0 Å². The summed E-state index contributed by atoms with van der Waals surface area (Å²) < 4.78 is 0. The van der Waals surface area contributed by atoms with E-state index in [1.807, 2.05) is 24.3 Å². The van der Waals surface area contributed by atoms with Crippen LogP contribution in [-0.2, 0) is 9.59 Å². The number of hydrogen-bond acceptors (Lipinski definition) is 2. The van der Waals surface area contributed by atoms with Crippen molar-refractivity contribution in [3.8, 4) is 0 Å². The van der Waals surface area contributed by atoms with Crippen LogP contribution in [0.15, 0.2) is 24.3 Å². The summed E-state index contributed by atoms with van der Waals surface area (Å²) in [5.41, 5.74) is 1.12. The van der Waals surface area contributed by atoms with Gasteiger partial charge < -0.3 is 10.6 Å². The van der Waals surface area contributed by atoms with Crippen molar-refractivity contribution in [2.75, 3.05) is 0 Å². The van der Waals surface area contributed by atoms with E-state index in [9.17, 15) is 9.59 Å². The molecule has 0 spiro atoms. The van der Waals surface area contributed by atoms with Gasteiger partial charge in [0, 0.05) is 18.0 Å². The highest BCUT2D eigenvalue weighted by molar-refractivity contribution is 6.30. The van der Waals surface area contributed by atoms with Crippen molar-refractivity contribution < 1.29 is 9.59 Å². The number of rotatable bonds is 5. The summed E-state index contributed by atoms with van der Waals surface area (Å²) in [5.74, 6) is 0.676. The maximum Gasteiger partial charge on any atom is 0.217 e. The Labute approximate surface area is 162 Å². The van der Waals surface area contributed by atoms with E-state index in [2.05, 4.69) is 10.6 Å². The van der Waals surface area contributed by atoms with Crippen molar-refractivity contribution in [2.45, 2.75) is 76.8 Å². The van der Waals surface area contributed by atoms with Crippen LogP contribution in [0.25, 0.3) is 0 Å². The third-order valence-corrected chi connectivity index (χ3v) is 5.57. The maximum atomic E-state index is 10.7. The van der Waals surface area contributed by atoms with Crippen LogP contribution >= 0.6 is 11.6 Å². The first kappa shape index (κ1) is 20.8. The topological polar surface area (TPSA) is 58.2 Å². The van der Waals surface area contributed by atoms with Gasteiger partial charge in [-0.3, -0.25) is 9.59 Å². The first-order valence-electron chi connectivity index (χ1n) is 9.82. The smallest absolute Gasteiger partial charge is 0.217 e. The highest BCUT2D eigenvalue weighted by atomic mass is 35.5. The van der Waals surface area contributed by atoms with Gasteiger partial charge in [-0.05, 0) is 49.3 Å². The predicted molar refractivity (Wildman–Crippen MR) is 106 cm³/mol. The molecule has 1 aromatic carbocycles. The van der Waals surface area contributed by atoms with Crippen molar-refractivity contribution >= 4 is 23.9 Å². The van der Waals surface area contributed by atoms with Crippen LogP contribution in [0.1, 0.15) is 76.3 Å². The maximum absolute atomic E-state index is 10.7. The Kier molecular flexibility index (Phi) is 8.96. The van der Waals surface area contributed by atoms with Crippen molar-refractivity contribution in [1.82, 2.24) is 10.6 Å². The molecule has 1 atom stereocenters. The molecule has 0 radical (unpaired) electrons. The second kappa shape index (κ2) is 11.2. The highest BCUT2D eigenvalue weighted by Gasteiger charge is 2.25. The fourth-order valence-electron chi connectivity index (χ4n) is 4.10. The summed E-state index contributed by atoms with van der Waals surface area (Å²) in [6.07, 6.45) is 12.0. The molecule has 4 nitrogen and oxygen atoms in total. The van der Waals surface area contributed by atoms with Gasteiger partial charge >= 0.3 is 0 Å². The van der Waals surface area contributed by atoms with Crippen molar-refractivity contribution in [3.05, 3.63) is 34.9 Å². The van der Waals surface area contributed by atoms with E-state index < -0.39 is 0 Å². The number of benzene rings is 1. The van der Waals surface area contributed by atoms with Crippen LogP contribution in [0.4, 0.5) is 0 Å². The van der Waals surface area contributed by atoms with Crippen molar-refractivity contribution in [2.24, 2.45) is 5.92 Å². The Balaban J connectivity index is 0.000000209. The Bertz CT molecular complexity index is 567. The van der Waals surface area contributed by atoms with Gasteiger partial charge in [-0.2, -0.15) is 0 Å². The van der Waals surface area contributed by atoms with Crippen LogP contribution in [0, 0.1) is 5.92 Å². The minimum atomic E-state index is 0.118. The van der Waals surface area contributed by atoms with E-state index >= 15 is 0 Å². The molecule has 0 saturated heterocycles. The van der Waals surface area contributed by atoms with Gasteiger partial charge in [0.15, 0.2) is 0 Å². The molecular formula is C21H31ClN2O2. The molecule has 26 heavy (non-hydrogen) atoms. The first-order valence-corrected chi connectivity index (χ1v) is 10.2. The monoisotopic (exact) mass is 378 g/mol. The fourth-order valence-corrected chi connectivity index (χ4v) is 4.30. The molecule has 2 N–H and O–H groups in total. The Morgan fingerprint density at radius 2 is 1.77 bits per heavy atom. The highest BCUT2D eigenvalue weighted by Crippen LogP contribution is 2.36. The number of hydrogen-bond donors (Lipinski definition) is 2. The predicted octanol–water partition coefficient (Wildman–Crippen LogP) is 4.77. The quantitative estimate of drug-likeness (QED) is 0.725. The summed E-state index contributed by atoms with van der Waals surface area (Å²) >= 11 is 5.98. The zero-order valence-corrected chi connectivity index (χ0v) is 16.4. The zero-order chi connectivity index (χ0) is 18.8. The van der Waals surface area contributed by atoms with Crippen molar-refractivity contribution in [3.63, 3.8) is 0 Å². The van der Waals surface area contributed by atoms with Gasteiger partial charge in [0.05, 0.1) is 6.04 Å². The van der Waals surface area contributed by atoms with Gasteiger partial charge in [0.25, 0.3) is 0 Å². The van der Waals surface area contributed by atoms with Crippen LogP contribution in [0.2, 0.25) is 5.02 Å². The lowest BCUT2D eigenvalue weighted by Gasteiger charge is -2.23. The largest absolute Gasteiger partial charge is 0.354 e. The third kappa shape index (κ3) is 6.99. The molecule has 144 valence electrons. The van der Waals surface area contributed by atoms with Crippen molar-refractivity contribution in [1.29, 1.82) is 0 Å². The average Bonchev–Trinajstić information content (AvgIpc) is 3.15. The minimum Gasteiger partial charge on any atom is -0.354 e. The molecule has 0 aliphatic heterocycles. The summed E-state index contributed by atoms with van der Waals surface area (Å²) in [5, 5.41) is 6.60. The Morgan fingerprint density at radius 1 is 1.12 bits per heavy atom. The number of halogens is 1. The van der Waals surface area contributed by atoms with Gasteiger partial charge in [-0.25, -0.2) is 0 Å². The standard InChI is InChI=1S/C13H16ClNO.C8H15NO/c14-12-7-3-6-11(8-12)13(15-9-16)10-4-1-2-5-10;1-7(10)9-8-5-3-2-4-6-8/h3,6-10,13H,1-2,4-5H2,(H,15,16);8H,2-6H2,1H3,(H,9,10). The van der Waals surface area contributed by atoms with E-state index in [0.29, 0.717) is 12.0 Å². The second-order valence-electron chi connectivity index (χ2n) is 7.40. The first-order chi connectivity index (χ1) is 12.6. The number of carbonyl (C=O) groups is 2. The third-order valence-electron chi connectivity index (χ3n) is 5.34. The Hall–Kier alpha value is -1.55. The van der Waals surface area contributed by atoms with E-state index in [-0.39, 0.29) is 11.9 Å². The normalized spacial score (nSPS) is 19.2. The number of amides is 2. The molecule has 0 aromatic heterocycles. The van der Waals surface area contributed by atoms with Gasteiger partial charge in [-0.1, -0.05) is 55.8 Å². The average molecular weight is 379 g/mol. The van der Waals surface area contributed by atoms with Crippen LogP contribution in [0.5, 0.6) is 0 Å². The molecule has 0 bridgehead atoms. The molecule has 2 aliphatic carbocycles. The second-order valence-corrected chi connectivity index (χ2v) is 7.83. The minimum absolute atomic E-state index is 0.118. The summed E-state index contributed by atoms with van der Waals surface area (Å²) in [7, 11) is 0. The lowest BCUT2D eigenvalue weighted by Crippen LogP contribution is -2.34.